The molecule has 122 valence electrons. The standard InChI is InChI=1S/C18H27NO3/c1-16(20)4-5-17-6-8-18(9-7-17)22-13-3-2-10-19-11-14-21-15-12-19/h6-9H,2-5,10-15H2,1H3. The maximum atomic E-state index is 11.0. The maximum absolute atomic E-state index is 11.0. The number of rotatable bonds is 9. The van der Waals surface area contributed by atoms with Gasteiger partial charge in [-0.15, -0.1) is 0 Å². The van der Waals surface area contributed by atoms with Crippen molar-refractivity contribution < 1.29 is 14.3 Å². The van der Waals surface area contributed by atoms with E-state index in [2.05, 4.69) is 4.90 Å². The highest BCUT2D eigenvalue weighted by molar-refractivity contribution is 5.75. The smallest absolute Gasteiger partial charge is 0.130 e. The van der Waals surface area contributed by atoms with Gasteiger partial charge >= 0.3 is 0 Å². The van der Waals surface area contributed by atoms with Crippen LogP contribution in [0.1, 0.15) is 31.7 Å². The summed E-state index contributed by atoms with van der Waals surface area (Å²) in [6.45, 7) is 7.38. The molecule has 1 heterocycles. The summed E-state index contributed by atoms with van der Waals surface area (Å²) in [5, 5.41) is 0. The third-order valence-electron chi connectivity index (χ3n) is 3.93. The number of carbonyl (C=O) groups is 1. The van der Waals surface area contributed by atoms with Gasteiger partial charge in [0, 0.05) is 19.5 Å². The van der Waals surface area contributed by atoms with E-state index in [1.807, 2.05) is 24.3 Å². The summed E-state index contributed by atoms with van der Waals surface area (Å²) in [6, 6.07) is 8.09. The van der Waals surface area contributed by atoms with Gasteiger partial charge in [-0.1, -0.05) is 12.1 Å². The fourth-order valence-corrected chi connectivity index (χ4v) is 2.52. The van der Waals surface area contributed by atoms with E-state index in [-0.39, 0.29) is 5.78 Å². The van der Waals surface area contributed by atoms with Crippen LogP contribution in [0.2, 0.25) is 0 Å². The molecule has 0 N–H and O–H groups in total. The first-order valence-electron chi connectivity index (χ1n) is 8.25. The Kier molecular flexibility index (Phi) is 7.40. The molecule has 0 aromatic heterocycles. The number of ketones is 1. The average Bonchev–Trinajstić information content (AvgIpc) is 2.54. The van der Waals surface area contributed by atoms with Crippen molar-refractivity contribution >= 4 is 5.78 Å². The van der Waals surface area contributed by atoms with E-state index in [1.54, 1.807) is 6.92 Å². The van der Waals surface area contributed by atoms with Gasteiger partial charge in [-0.25, -0.2) is 0 Å². The lowest BCUT2D eigenvalue weighted by molar-refractivity contribution is -0.116. The lowest BCUT2D eigenvalue weighted by Crippen LogP contribution is -2.36. The van der Waals surface area contributed by atoms with Crippen molar-refractivity contribution in [2.75, 3.05) is 39.5 Å². The molecule has 4 heteroatoms. The van der Waals surface area contributed by atoms with Crippen molar-refractivity contribution in [2.45, 2.75) is 32.6 Å². The Bertz CT molecular complexity index is 438. The van der Waals surface area contributed by atoms with Crippen LogP contribution < -0.4 is 4.74 Å². The summed E-state index contributed by atoms with van der Waals surface area (Å²) in [7, 11) is 0. The first-order valence-corrected chi connectivity index (χ1v) is 8.25. The maximum Gasteiger partial charge on any atom is 0.130 e. The second-order valence-corrected chi connectivity index (χ2v) is 5.86. The second kappa shape index (κ2) is 9.59. The molecule has 0 bridgehead atoms. The summed E-state index contributed by atoms with van der Waals surface area (Å²) in [6.07, 6.45) is 3.66. The molecule has 2 rings (SSSR count). The Morgan fingerprint density at radius 3 is 2.59 bits per heavy atom. The van der Waals surface area contributed by atoms with Crippen molar-refractivity contribution in [3.05, 3.63) is 29.8 Å². The molecule has 22 heavy (non-hydrogen) atoms. The van der Waals surface area contributed by atoms with E-state index in [4.69, 9.17) is 9.47 Å². The zero-order chi connectivity index (χ0) is 15.6. The highest BCUT2D eigenvalue weighted by atomic mass is 16.5. The molecule has 0 unspecified atom stereocenters. The number of ether oxygens (including phenoxy) is 2. The van der Waals surface area contributed by atoms with E-state index >= 15 is 0 Å². The zero-order valence-corrected chi connectivity index (χ0v) is 13.6. The van der Waals surface area contributed by atoms with Crippen LogP contribution in [0.25, 0.3) is 0 Å². The molecule has 1 saturated heterocycles. The van der Waals surface area contributed by atoms with Crippen molar-refractivity contribution in [3.8, 4) is 5.75 Å². The predicted octanol–water partition coefficient (Wildman–Crippen LogP) is 2.70. The minimum atomic E-state index is 0.237. The number of hydrogen-bond donors (Lipinski definition) is 0. The quantitative estimate of drug-likeness (QED) is 0.658. The number of aryl methyl sites for hydroxylation is 1. The number of nitrogens with zero attached hydrogens (tertiary/aromatic N) is 1. The van der Waals surface area contributed by atoms with Gasteiger partial charge in [0.25, 0.3) is 0 Å². The normalized spacial score (nSPS) is 15.7. The van der Waals surface area contributed by atoms with E-state index in [0.717, 1.165) is 64.5 Å². The first-order chi connectivity index (χ1) is 10.7. The molecule has 1 aromatic carbocycles. The molecular formula is C18H27NO3. The van der Waals surface area contributed by atoms with Crippen molar-refractivity contribution in [1.29, 1.82) is 0 Å². The number of morpholine rings is 1. The van der Waals surface area contributed by atoms with Gasteiger partial charge in [0.2, 0.25) is 0 Å². The van der Waals surface area contributed by atoms with Crippen LogP contribution >= 0.6 is 0 Å². The molecule has 0 radical (unpaired) electrons. The summed E-state index contributed by atoms with van der Waals surface area (Å²) < 4.78 is 11.1. The SMILES string of the molecule is CC(=O)CCc1ccc(OCCCCN2CCOCC2)cc1. The molecule has 0 atom stereocenters. The van der Waals surface area contributed by atoms with Crippen LogP contribution in [0.3, 0.4) is 0 Å². The summed E-state index contributed by atoms with van der Waals surface area (Å²) in [5.41, 5.74) is 1.19. The minimum Gasteiger partial charge on any atom is -0.494 e. The van der Waals surface area contributed by atoms with E-state index in [1.165, 1.54) is 5.56 Å². The molecular weight excluding hydrogens is 278 g/mol. The molecule has 1 aromatic rings. The largest absolute Gasteiger partial charge is 0.494 e. The van der Waals surface area contributed by atoms with Gasteiger partial charge in [-0.3, -0.25) is 4.90 Å². The number of carbonyl (C=O) groups excluding carboxylic acids is 1. The average molecular weight is 305 g/mol. The van der Waals surface area contributed by atoms with Crippen LogP contribution in [0.4, 0.5) is 0 Å². The van der Waals surface area contributed by atoms with Crippen LogP contribution in [-0.4, -0.2) is 50.1 Å². The van der Waals surface area contributed by atoms with Crippen molar-refractivity contribution in [2.24, 2.45) is 0 Å². The number of hydrogen-bond acceptors (Lipinski definition) is 4. The van der Waals surface area contributed by atoms with Gasteiger partial charge in [-0.05, 0) is 50.4 Å². The van der Waals surface area contributed by atoms with Crippen LogP contribution in [0.15, 0.2) is 24.3 Å². The van der Waals surface area contributed by atoms with Gasteiger partial charge in [-0.2, -0.15) is 0 Å². The van der Waals surface area contributed by atoms with Crippen molar-refractivity contribution in [1.82, 2.24) is 4.90 Å². The van der Waals surface area contributed by atoms with Gasteiger partial charge < -0.3 is 14.3 Å². The molecule has 0 aliphatic carbocycles. The highest BCUT2D eigenvalue weighted by Crippen LogP contribution is 2.14. The highest BCUT2D eigenvalue weighted by Gasteiger charge is 2.09. The van der Waals surface area contributed by atoms with Crippen LogP contribution in [0, 0.1) is 0 Å². The summed E-state index contributed by atoms with van der Waals surface area (Å²) >= 11 is 0. The lowest BCUT2D eigenvalue weighted by Gasteiger charge is -2.26. The van der Waals surface area contributed by atoms with Crippen LogP contribution in [0.5, 0.6) is 5.75 Å². The Balaban J connectivity index is 1.57. The topological polar surface area (TPSA) is 38.8 Å². The molecule has 1 fully saturated rings. The van der Waals surface area contributed by atoms with E-state index in [0.29, 0.717) is 6.42 Å². The van der Waals surface area contributed by atoms with E-state index in [9.17, 15) is 4.79 Å². The number of benzene rings is 1. The summed E-state index contributed by atoms with van der Waals surface area (Å²) in [4.78, 5) is 13.4. The third kappa shape index (κ3) is 6.58. The fourth-order valence-electron chi connectivity index (χ4n) is 2.52. The Morgan fingerprint density at radius 2 is 1.91 bits per heavy atom. The second-order valence-electron chi connectivity index (χ2n) is 5.86. The lowest BCUT2D eigenvalue weighted by atomic mass is 10.1. The van der Waals surface area contributed by atoms with E-state index < -0.39 is 0 Å². The zero-order valence-electron chi connectivity index (χ0n) is 13.6. The molecule has 1 aliphatic rings. The number of unbranched alkanes of at least 4 members (excludes halogenated alkanes) is 1. The monoisotopic (exact) mass is 305 g/mol. The molecule has 4 nitrogen and oxygen atoms in total. The summed E-state index contributed by atoms with van der Waals surface area (Å²) in [5.74, 6) is 1.15. The molecule has 1 aliphatic heterocycles. The van der Waals surface area contributed by atoms with Gasteiger partial charge in [0.05, 0.1) is 19.8 Å². The fraction of sp³-hybridized carbons (Fsp3) is 0.611. The van der Waals surface area contributed by atoms with Gasteiger partial charge in [0.1, 0.15) is 11.5 Å². The first kappa shape index (κ1) is 17.0. The Hall–Kier alpha value is -1.39. The predicted molar refractivity (Wildman–Crippen MR) is 87.4 cm³/mol. The minimum absolute atomic E-state index is 0.237. The molecule has 0 amide bonds. The Morgan fingerprint density at radius 1 is 1.18 bits per heavy atom. The number of Topliss-reactive ketones (excluding diaryl/α,β-unsaturated/α-hetero) is 1. The molecule has 0 spiro atoms. The van der Waals surface area contributed by atoms with Crippen LogP contribution in [-0.2, 0) is 16.0 Å². The third-order valence-corrected chi connectivity index (χ3v) is 3.93. The van der Waals surface area contributed by atoms with Gasteiger partial charge in [0.15, 0.2) is 0 Å². The molecule has 0 saturated carbocycles. The van der Waals surface area contributed by atoms with Crippen molar-refractivity contribution in [3.63, 3.8) is 0 Å². The Labute approximate surface area is 133 Å².